The highest BCUT2D eigenvalue weighted by atomic mass is 35.5. The predicted octanol–water partition coefficient (Wildman–Crippen LogP) is 3.06. The summed E-state index contributed by atoms with van der Waals surface area (Å²) < 4.78 is 0. The molecule has 0 radical (unpaired) electrons. The summed E-state index contributed by atoms with van der Waals surface area (Å²) in [5, 5.41) is 0.564. The molecule has 0 aliphatic carbocycles. The highest BCUT2D eigenvalue weighted by Gasteiger charge is 2.17. The van der Waals surface area contributed by atoms with Gasteiger partial charge in [-0.15, -0.1) is 0 Å². The van der Waals surface area contributed by atoms with Crippen molar-refractivity contribution < 1.29 is 0 Å². The first kappa shape index (κ1) is 13.4. The zero-order chi connectivity index (χ0) is 13.8. The Morgan fingerprint density at radius 2 is 1.75 bits per heavy atom. The number of halogens is 1. The van der Waals surface area contributed by atoms with E-state index in [2.05, 4.69) is 45.1 Å². The fraction of sp³-hybridized carbons (Fsp3) is 0.312. The maximum atomic E-state index is 5.95. The molecule has 1 saturated heterocycles. The number of hydrogen-bond acceptors (Lipinski definition) is 3. The summed E-state index contributed by atoms with van der Waals surface area (Å²) in [7, 11) is 0. The molecule has 20 heavy (non-hydrogen) atoms. The van der Waals surface area contributed by atoms with Crippen LogP contribution < -0.4 is 4.90 Å². The van der Waals surface area contributed by atoms with Crippen molar-refractivity contribution in [2.75, 3.05) is 31.1 Å². The van der Waals surface area contributed by atoms with Gasteiger partial charge in [-0.05, 0) is 17.7 Å². The molecule has 0 atom stereocenters. The number of benzene rings is 1. The third-order valence-corrected chi connectivity index (χ3v) is 3.90. The molecule has 0 N–H and O–H groups in total. The van der Waals surface area contributed by atoms with E-state index in [-0.39, 0.29) is 0 Å². The van der Waals surface area contributed by atoms with Crippen molar-refractivity contribution in [3.63, 3.8) is 0 Å². The number of hydrogen-bond donors (Lipinski definition) is 0. The molecule has 1 fully saturated rings. The van der Waals surface area contributed by atoms with Crippen LogP contribution in [-0.2, 0) is 6.54 Å². The van der Waals surface area contributed by atoms with Crippen LogP contribution in [0.1, 0.15) is 5.56 Å². The summed E-state index contributed by atoms with van der Waals surface area (Å²) in [4.78, 5) is 8.90. The molecule has 1 aromatic heterocycles. The molecule has 0 spiro atoms. The molecule has 3 rings (SSSR count). The molecule has 4 heteroatoms. The van der Waals surface area contributed by atoms with Gasteiger partial charge in [-0.2, -0.15) is 0 Å². The Morgan fingerprint density at radius 1 is 1.00 bits per heavy atom. The van der Waals surface area contributed by atoms with Crippen molar-refractivity contribution in [2.45, 2.75) is 6.54 Å². The topological polar surface area (TPSA) is 19.4 Å². The van der Waals surface area contributed by atoms with E-state index < -0.39 is 0 Å². The lowest BCUT2D eigenvalue weighted by Gasteiger charge is -2.36. The Morgan fingerprint density at radius 3 is 2.45 bits per heavy atom. The van der Waals surface area contributed by atoms with Crippen LogP contribution in [-0.4, -0.2) is 36.1 Å². The monoisotopic (exact) mass is 287 g/mol. The Kier molecular flexibility index (Phi) is 4.19. The lowest BCUT2D eigenvalue weighted by atomic mass is 10.2. The van der Waals surface area contributed by atoms with Crippen molar-refractivity contribution in [1.29, 1.82) is 0 Å². The number of piperazine rings is 1. The van der Waals surface area contributed by atoms with Crippen LogP contribution >= 0.6 is 11.6 Å². The third kappa shape index (κ3) is 3.30. The first-order valence-electron chi connectivity index (χ1n) is 6.94. The first-order valence-corrected chi connectivity index (χ1v) is 7.32. The molecule has 1 aliphatic heterocycles. The lowest BCUT2D eigenvalue weighted by Crippen LogP contribution is -2.45. The summed E-state index contributed by atoms with van der Waals surface area (Å²) in [5.74, 6) is 0. The number of nitrogens with zero attached hydrogens (tertiary/aromatic N) is 3. The number of anilines is 1. The normalized spacial score (nSPS) is 16.4. The quantitative estimate of drug-likeness (QED) is 0.809. The molecule has 2 aromatic rings. The summed E-state index contributed by atoms with van der Waals surface area (Å²) in [6.45, 7) is 5.26. The van der Waals surface area contributed by atoms with Crippen LogP contribution in [0, 0.1) is 0 Å². The van der Waals surface area contributed by atoms with Gasteiger partial charge in [-0.3, -0.25) is 4.90 Å². The van der Waals surface area contributed by atoms with E-state index in [4.69, 9.17) is 11.6 Å². The highest BCUT2D eigenvalue weighted by Crippen LogP contribution is 2.19. The van der Waals surface area contributed by atoms with Gasteiger partial charge >= 0.3 is 0 Å². The fourth-order valence-electron chi connectivity index (χ4n) is 2.59. The van der Waals surface area contributed by atoms with Crippen molar-refractivity contribution >= 4 is 17.3 Å². The molecule has 3 nitrogen and oxygen atoms in total. The number of pyridine rings is 1. The molecule has 2 heterocycles. The Balaban J connectivity index is 1.57. The van der Waals surface area contributed by atoms with Gasteiger partial charge in [0.1, 0.15) is 5.15 Å². The van der Waals surface area contributed by atoms with E-state index in [1.807, 2.05) is 12.1 Å². The van der Waals surface area contributed by atoms with Crippen molar-refractivity contribution in [3.8, 4) is 0 Å². The van der Waals surface area contributed by atoms with Gasteiger partial charge in [-0.1, -0.05) is 41.9 Å². The smallest absolute Gasteiger partial charge is 0.131 e. The van der Waals surface area contributed by atoms with E-state index in [1.165, 1.54) is 11.3 Å². The average Bonchev–Trinajstić information content (AvgIpc) is 2.49. The summed E-state index contributed by atoms with van der Waals surface area (Å²) in [6.07, 6.45) is 1.77. The minimum absolute atomic E-state index is 0.564. The van der Waals surface area contributed by atoms with Gasteiger partial charge in [0.2, 0.25) is 0 Å². The predicted molar refractivity (Wildman–Crippen MR) is 83.2 cm³/mol. The maximum absolute atomic E-state index is 5.95. The third-order valence-electron chi connectivity index (χ3n) is 3.70. The Hall–Kier alpha value is -1.58. The molecular weight excluding hydrogens is 270 g/mol. The van der Waals surface area contributed by atoms with Gasteiger partial charge < -0.3 is 4.90 Å². The van der Waals surface area contributed by atoms with Crippen LogP contribution in [0.25, 0.3) is 0 Å². The lowest BCUT2D eigenvalue weighted by molar-refractivity contribution is 0.250. The maximum Gasteiger partial charge on any atom is 0.131 e. The summed E-state index contributed by atoms with van der Waals surface area (Å²) >= 11 is 5.95. The first-order chi connectivity index (χ1) is 9.81. The molecule has 1 aromatic carbocycles. The Labute approximate surface area is 124 Å². The zero-order valence-corrected chi connectivity index (χ0v) is 12.1. The van der Waals surface area contributed by atoms with E-state index in [0.717, 1.165) is 32.7 Å². The standard InChI is InChI=1S/C16H18ClN3/c17-16-12-15(6-7-18-16)20-10-8-19(9-11-20)13-14-4-2-1-3-5-14/h1-7,12H,8-11,13H2. The molecular formula is C16H18ClN3. The van der Waals surface area contributed by atoms with Gasteiger partial charge in [0.25, 0.3) is 0 Å². The van der Waals surface area contributed by atoms with Gasteiger partial charge in [0, 0.05) is 44.6 Å². The SMILES string of the molecule is Clc1cc(N2CCN(Cc3ccccc3)CC2)ccn1. The molecule has 0 amide bonds. The highest BCUT2D eigenvalue weighted by molar-refractivity contribution is 6.29. The second-order valence-electron chi connectivity index (χ2n) is 5.09. The van der Waals surface area contributed by atoms with Gasteiger partial charge in [0.05, 0.1) is 0 Å². The molecule has 104 valence electrons. The van der Waals surface area contributed by atoms with E-state index >= 15 is 0 Å². The summed E-state index contributed by atoms with van der Waals surface area (Å²) in [5.41, 5.74) is 2.55. The van der Waals surface area contributed by atoms with Gasteiger partial charge in [0.15, 0.2) is 0 Å². The van der Waals surface area contributed by atoms with Crippen LogP contribution in [0.2, 0.25) is 5.15 Å². The number of rotatable bonds is 3. The van der Waals surface area contributed by atoms with Crippen LogP contribution in [0.4, 0.5) is 5.69 Å². The van der Waals surface area contributed by atoms with E-state index in [9.17, 15) is 0 Å². The van der Waals surface area contributed by atoms with Crippen LogP contribution in [0.3, 0.4) is 0 Å². The van der Waals surface area contributed by atoms with Crippen molar-refractivity contribution in [3.05, 3.63) is 59.4 Å². The molecule has 0 unspecified atom stereocenters. The fourth-order valence-corrected chi connectivity index (χ4v) is 2.76. The summed E-state index contributed by atoms with van der Waals surface area (Å²) in [6, 6.07) is 14.6. The second-order valence-corrected chi connectivity index (χ2v) is 5.47. The zero-order valence-electron chi connectivity index (χ0n) is 11.4. The second kappa shape index (κ2) is 6.25. The minimum Gasteiger partial charge on any atom is -0.369 e. The average molecular weight is 288 g/mol. The van der Waals surface area contributed by atoms with E-state index in [1.54, 1.807) is 6.20 Å². The van der Waals surface area contributed by atoms with Gasteiger partial charge in [-0.25, -0.2) is 4.98 Å². The van der Waals surface area contributed by atoms with Crippen molar-refractivity contribution in [2.24, 2.45) is 0 Å². The minimum atomic E-state index is 0.564. The molecule has 1 aliphatic rings. The van der Waals surface area contributed by atoms with Crippen LogP contribution in [0.15, 0.2) is 48.7 Å². The Bertz CT molecular complexity index is 551. The van der Waals surface area contributed by atoms with E-state index in [0.29, 0.717) is 5.15 Å². The molecule has 0 saturated carbocycles. The number of aromatic nitrogens is 1. The molecule has 0 bridgehead atoms. The largest absolute Gasteiger partial charge is 0.369 e. The van der Waals surface area contributed by atoms with Crippen molar-refractivity contribution in [1.82, 2.24) is 9.88 Å². The van der Waals surface area contributed by atoms with Crippen LogP contribution in [0.5, 0.6) is 0 Å².